The standard InChI is InChI=1S/C25H26N6/c1-2-6-19(7-3-1)14-31-15-20(12-28-31)13-30-16-25(17-30)10-21(11-25)29-24-22-8-4-5-9-23(22)26-18-27-24/h1-9,12,15,18,21H,10-11,13-14,16-17H2,(H,26,27,29). The lowest BCUT2D eigenvalue weighted by molar-refractivity contribution is -0.0712. The van der Waals surface area contributed by atoms with E-state index in [2.05, 4.69) is 61.8 Å². The molecule has 1 spiro atoms. The number of aromatic nitrogens is 4. The third-order valence-electron chi connectivity index (χ3n) is 6.64. The molecule has 6 nitrogen and oxygen atoms in total. The van der Waals surface area contributed by atoms with Crippen LogP contribution in [0.2, 0.25) is 0 Å². The highest BCUT2D eigenvalue weighted by molar-refractivity contribution is 5.88. The molecule has 0 atom stereocenters. The van der Waals surface area contributed by atoms with Crippen molar-refractivity contribution in [3.8, 4) is 0 Å². The monoisotopic (exact) mass is 410 g/mol. The van der Waals surface area contributed by atoms with Crippen LogP contribution < -0.4 is 5.32 Å². The smallest absolute Gasteiger partial charge is 0.137 e. The zero-order valence-corrected chi connectivity index (χ0v) is 17.5. The number of para-hydroxylation sites is 1. The Morgan fingerprint density at radius 2 is 1.71 bits per heavy atom. The average Bonchev–Trinajstić information content (AvgIpc) is 3.18. The Kier molecular flexibility index (Phi) is 4.46. The second-order valence-corrected chi connectivity index (χ2v) is 9.17. The molecule has 1 aliphatic carbocycles. The molecular formula is C25H26N6. The molecule has 1 saturated carbocycles. The summed E-state index contributed by atoms with van der Waals surface area (Å²) in [6.07, 6.45) is 8.29. The molecule has 6 rings (SSSR count). The molecule has 2 fully saturated rings. The van der Waals surface area contributed by atoms with Gasteiger partial charge in [-0.2, -0.15) is 5.10 Å². The number of rotatable bonds is 6. The molecule has 2 aromatic carbocycles. The SMILES string of the molecule is c1ccc(Cn2cc(CN3CC4(CC(Nc5ncnc6ccccc56)C4)C3)cn2)cc1. The van der Waals surface area contributed by atoms with Crippen molar-refractivity contribution in [3.05, 3.63) is 84.4 Å². The Labute approximate surface area is 181 Å². The maximum Gasteiger partial charge on any atom is 0.137 e. The van der Waals surface area contributed by atoms with Gasteiger partial charge in [0.15, 0.2) is 0 Å². The third-order valence-corrected chi connectivity index (χ3v) is 6.64. The van der Waals surface area contributed by atoms with Gasteiger partial charge in [-0.05, 0) is 36.0 Å². The lowest BCUT2D eigenvalue weighted by atomic mass is 9.60. The van der Waals surface area contributed by atoms with Gasteiger partial charge in [0.25, 0.3) is 0 Å². The summed E-state index contributed by atoms with van der Waals surface area (Å²) in [6, 6.07) is 19.2. The van der Waals surface area contributed by atoms with Gasteiger partial charge in [-0.1, -0.05) is 42.5 Å². The number of hydrogen-bond donors (Lipinski definition) is 1. The minimum Gasteiger partial charge on any atom is -0.367 e. The van der Waals surface area contributed by atoms with Crippen molar-refractivity contribution in [2.24, 2.45) is 5.41 Å². The van der Waals surface area contributed by atoms with Crippen LogP contribution in [0.25, 0.3) is 10.9 Å². The van der Waals surface area contributed by atoms with Gasteiger partial charge in [0, 0.05) is 42.8 Å². The molecule has 156 valence electrons. The lowest BCUT2D eigenvalue weighted by Gasteiger charge is -2.59. The largest absolute Gasteiger partial charge is 0.367 e. The summed E-state index contributed by atoms with van der Waals surface area (Å²) >= 11 is 0. The summed E-state index contributed by atoms with van der Waals surface area (Å²) in [5.74, 6) is 0.965. The first kappa shape index (κ1) is 18.5. The minimum absolute atomic E-state index is 0.487. The molecule has 31 heavy (non-hydrogen) atoms. The van der Waals surface area contributed by atoms with E-state index in [9.17, 15) is 0 Å². The fraction of sp³-hybridized carbons (Fsp3) is 0.320. The number of nitrogens with one attached hydrogen (secondary N) is 1. The topological polar surface area (TPSA) is 58.9 Å². The number of hydrogen-bond acceptors (Lipinski definition) is 5. The first-order chi connectivity index (χ1) is 15.2. The van der Waals surface area contributed by atoms with E-state index in [4.69, 9.17) is 0 Å². The van der Waals surface area contributed by atoms with Crippen LogP contribution in [-0.4, -0.2) is 43.8 Å². The van der Waals surface area contributed by atoms with Crippen LogP contribution in [0.15, 0.2) is 73.3 Å². The molecule has 2 aliphatic rings. The molecule has 1 N–H and O–H groups in total. The van der Waals surface area contributed by atoms with Crippen molar-refractivity contribution in [1.82, 2.24) is 24.6 Å². The van der Waals surface area contributed by atoms with E-state index in [1.807, 2.05) is 35.1 Å². The zero-order chi connectivity index (χ0) is 20.7. The Morgan fingerprint density at radius 1 is 0.903 bits per heavy atom. The van der Waals surface area contributed by atoms with Crippen LogP contribution in [0, 0.1) is 5.41 Å². The van der Waals surface area contributed by atoms with Crippen LogP contribution in [0.3, 0.4) is 0 Å². The maximum absolute atomic E-state index is 4.55. The number of anilines is 1. The van der Waals surface area contributed by atoms with Gasteiger partial charge >= 0.3 is 0 Å². The number of nitrogens with zero attached hydrogens (tertiary/aromatic N) is 5. The van der Waals surface area contributed by atoms with Crippen molar-refractivity contribution < 1.29 is 0 Å². The summed E-state index contributed by atoms with van der Waals surface area (Å²) < 4.78 is 2.04. The Hall–Kier alpha value is -3.25. The normalized spacial score (nSPS) is 18.1. The van der Waals surface area contributed by atoms with E-state index in [1.54, 1.807) is 6.33 Å². The maximum atomic E-state index is 4.55. The number of benzene rings is 2. The molecule has 0 unspecified atom stereocenters. The van der Waals surface area contributed by atoms with Crippen molar-refractivity contribution >= 4 is 16.7 Å². The van der Waals surface area contributed by atoms with E-state index in [0.29, 0.717) is 11.5 Å². The Balaban J connectivity index is 1.00. The average molecular weight is 411 g/mol. The fourth-order valence-electron chi connectivity index (χ4n) is 5.28. The third kappa shape index (κ3) is 3.68. The summed E-state index contributed by atoms with van der Waals surface area (Å²) in [5.41, 5.74) is 4.06. The summed E-state index contributed by atoms with van der Waals surface area (Å²) in [6.45, 7) is 4.18. The van der Waals surface area contributed by atoms with Gasteiger partial charge in [0.05, 0.1) is 18.3 Å². The van der Waals surface area contributed by atoms with E-state index >= 15 is 0 Å². The molecular weight excluding hydrogens is 384 g/mol. The molecule has 6 heteroatoms. The van der Waals surface area contributed by atoms with E-state index < -0.39 is 0 Å². The number of likely N-dealkylation sites (tertiary alicyclic amines) is 1. The lowest BCUT2D eigenvalue weighted by Crippen LogP contribution is -2.64. The summed E-state index contributed by atoms with van der Waals surface area (Å²) in [4.78, 5) is 11.4. The van der Waals surface area contributed by atoms with Crippen molar-refractivity contribution in [2.45, 2.75) is 32.0 Å². The first-order valence-electron chi connectivity index (χ1n) is 11.0. The van der Waals surface area contributed by atoms with Crippen LogP contribution in [0.1, 0.15) is 24.0 Å². The van der Waals surface area contributed by atoms with Crippen LogP contribution in [0.4, 0.5) is 5.82 Å². The first-order valence-corrected chi connectivity index (χ1v) is 11.0. The van der Waals surface area contributed by atoms with E-state index in [0.717, 1.165) is 29.8 Å². The zero-order valence-electron chi connectivity index (χ0n) is 17.5. The molecule has 2 aromatic heterocycles. The van der Waals surface area contributed by atoms with Crippen molar-refractivity contribution in [1.29, 1.82) is 0 Å². The fourth-order valence-corrected chi connectivity index (χ4v) is 5.28. The minimum atomic E-state index is 0.487. The predicted molar refractivity (Wildman–Crippen MR) is 122 cm³/mol. The Bertz CT molecular complexity index is 1180. The highest BCUT2D eigenvalue weighted by Gasteiger charge is 2.52. The molecule has 0 amide bonds. The Morgan fingerprint density at radius 3 is 2.58 bits per heavy atom. The van der Waals surface area contributed by atoms with Gasteiger partial charge in [0.1, 0.15) is 12.1 Å². The highest BCUT2D eigenvalue weighted by atomic mass is 15.3. The van der Waals surface area contributed by atoms with Crippen LogP contribution in [-0.2, 0) is 13.1 Å². The van der Waals surface area contributed by atoms with Gasteiger partial charge in [-0.25, -0.2) is 9.97 Å². The second kappa shape index (κ2) is 7.46. The van der Waals surface area contributed by atoms with Crippen LogP contribution in [0.5, 0.6) is 0 Å². The van der Waals surface area contributed by atoms with Gasteiger partial charge in [0.2, 0.25) is 0 Å². The molecule has 3 heterocycles. The molecule has 1 saturated heterocycles. The van der Waals surface area contributed by atoms with Crippen LogP contribution >= 0.6 is 0 Å². The molecule has 4 aromatic rings. The van der Waals surface area contributed by atoms with Crippen molar-refractivity contribution in [2.75, 3.05) is 18.4 Å². The number of fused-ring (bicyclic) bond motifs is 1. The molecule has 0 bridgehead atoms. The highest BCUT2D eigenvalue weighted by Crippen LogP contribution is 2.49. The molecule has 0 radical (unpaired) electrons. The van der Waals surface area contributed by atoms with E-state index in [1.165, 1.54) is 37.1 Å². The summed E-state index contributed by atoms with van der Waals surface area (Å²) in [7, 11) is 0. The quantitative estimate of drug-likeness (QED) is 0.522. The summed E-state index contributed by atoms with van der Waals surface area (Å²) in [5, 5.41) is 9.30. The molecule has 1 aliphatic heterocycles. The second-order valence-electron chi connectivity index (χ2n) is 9.17. The van der Waals surface area contributed by atoms with Gasteiger partial charge in [-0.15, -0.1) is 0 Å². The van der Waals surface area contributed by atoms with E-state index in [-0.39, 0.29) is 0 Å². The van der Waals surface area contributed by atoms with Crippen molar-refractivity contribution in [3.63, 3.8) is 0 Å². The van der Waals surface area contributed by atoms with Gasteiger partial charge < -0.3 is 5.32 Å². The van der Waals surface area contributed by atoms with Gasteiger partial charge in [-0.3, -0.25) is 9.58 Å². The predicted octanol–water partition coefficient (Wildman–Crippen LogP) is 3.95.